The lowest BCUT2D eigenvalue weighted by Gasteiger charge is -2.30. The third-order valence-corrected chi connectivity index (χ3v) is 6.30. The third-order valence-electron chi connectivity index (χ3n) is 6.30. The summed E-state index contributed by atoms with van der Waals surface area (Å²) >= 11 is 0. The number of aryl methyl sites for hydroxylation is 1. The average Bonchev–Trinajstić information content (AvgIpc) is 3.36. The highest BCUT2D eigenvalue weighted by molar-refractivity contribution is 6.12. The molecule has 3 aromatic heterocycles. The number of anilines is 1. The summed E-state index contributed by atoms with van der Waals surface area (Å²) in [5.74, 6) is 0.0384. The Labute approximate surface area is 218 Å². The number of pyridine rings is 2. The van der Waals surface area contributed by atoms with Crippen molar-refractivity contribution in [3.63, 3.8) is 0 Å². The molecule has 1 amide bonds. The Morgan fingerprint density at radius 2 is 1.95 bits per heavy atom. The predicted octanol–water partition coefficient (Wildman–Crippen LogP) is 4.32. The highest BCUT2D eigenvalue weighted by Crippen LogP contribution is 2.43. The zero-order valence-electron chi connectivity index (χ0n) is 21.8. The number of alkyl halides is 3. The number of nitrogens with zero attached hydrogens (tertiary/aromatic N) is 5. The fourth-order valence-corrected chi connectivity index (χ4v) is 4.55. The van der Waals surface area contributed by atoms with Gasteiger partial charge in [-0.3, -0.25) is 14.4 Å². The summed E-state index contributed by atoms with van der Waals surface area (Å²) in [6.07, 6.45) is -0.326. The van der Waals surface area contributed by atoms with Crippen LogP contribution < -0.4 is 15.0 Å². The number of nitrogens with one attached hydrogen (secondary N) is 1. The largest absolute Gasteiger partial charge is 0.481 e. The van der Waals surface area contributed by atoms with Crippen molar-refractivity contribution in [3.05, 3.63) is 59.7 Å². The second-order valence-electron chi connectivity index (χ2n) is 9.44. The van der Waals surface area contributed by atoms with Crippen LogP contribution in [0, 0.1) is 6.92 Å². The Kier molecular flexibility index (Phi) is 7.20. The molecular formula is C26H29F3N6O3. The molecule has 0 aromatic carbocycles. The van der Waals surface area contributed by atoms with Crippen molar-refractivity contribution in [3.8, 4) is 17.1 Å². The van der Waals surface area contributed by atoms with Crippen LogP contribution >= 0.6 is 0 Å². The average molecular weight is 531 g/mol. The number of amides is 1. The molecule has 0 atom stereocenters. The minimum Gasteiger partial charge on any atom is -0.481 e. The maximum Gasteiger partial charge on any atom is 0.408 e. The summed E-state index contributed by atoms with van der Waals surface area (Å²) in [6.45, 7) is 9.27. The fraction of sp³-hybridized carbons (Fsp3) is 0.385. The van der Waals surface area contributed by atoms with Gasteiger partial charge in [0.1, 0.15) is 6.54 Å². The van der Waals surface area contributed by atoms with Gasteiger partial charge in [0.15, 0.2) is 0 Å². The third kappa shape index (κ3) is 5.08. The van der Waals surface area contributed by atoms with Crippen LogP contribution in [0.5, 0.6) is 5.88 Å². The van der Waals surface area contributed by atoms with E-state index in [4.69, 9.17) is 14.5 Å². The molecule has 38 heavy (non-hydrogen) atoms. The molecule has 0 fully saturated rings. The normalized spacial score (nSPS) is 14.5. The Balaban J connectivity index is 1.72. The quantitative estimate of drug-likeness (QED) is 0.412. The van der Waals surface area contributed by atoms with Crippen molar-refractivity contribution in [1.82, 2.24) is 25.1 Å². The van der Waals surface area contributed by atoms with Gasteiger partial charge >= 0.3 is 6.18 Å². The van der Waals surface area contributed by atoms with Gasteiger partial charge in [-0.25, -0.2) is 9.97 Å². The highest BCUT2D eigenvalue weighted by Gasteiger charge is 2.47. The maximum atomic E-state index is 13.5. The van der Waals surface area contributed by atoms with Gasteiger partial charge in [0.2, 0.25) is 5.88 Å². The molecule has 202 valence electrons. The van der Waals surface area contributed by atoms with Crippen molar-refractivity contribution in [2.45, 2.75) is 39.0 Å². The van der Waals surface area contributed by atoms with E-state index in [2.05, 4.69) is 22.0 Å². The van der Waals surface area contributed by atoms with E-state index in [9.17, 15) is 18.0 Å². The molecule has 12 heteroatoms. The molecule has 0 spiro atoms. The molecule has 0 bridgehead atoms. The van der Waals surface area contributed by atoms with Crippen molar-refractivity contribution >= 4 is 17.3 Å². The molecule has 0 saturated carbocycles. The van der Waals surface area contributed by atoms with Gasteiger partial charge in [0, 0.05) is 37.3 Å². The topological polar surface area (TPSA) is 94.4 Å². The molecule has 3 aromatic rings. The number of methoxy groups -OCH3 is 2. The Bertz CT molecular complexity index is 1380. The number of hydrogen-bond donors (Lipinski definition) is 1. The Morgan fingerprint density at radius 3 is 2.61 bits per heavy atom. The molecule has 4 heterocycles. The minimum absolute atomic E-state index is 0.259. The number of carbonyl (C=O) groups is 1. The summed E-state index contributed by atoms with van der Waals surface area (Å²) in [5, 5.41) is 6.98. The van der Waals surface area contributed by atoms with Crippen LogP contribution in [0.2, 0.25) is 0 Å². The minimum atomic E-state index is -4.43. The number of fused-ring (bicyclic) bond motifs is 1. The Hall–Kier alpha value is -3.93. The molecule has 0 radical (unpaired) electrons. The van der Waals surface area contributed by atoms with Crippen molar-refractivity contribution in [2.75, 3.05) is 32.3 Å². The maximum absolute atomic E-state index is 13.5. The van der Waals surface area contributed by atoms with Crippen molar-refractivity contribution in [2.24, 2.45) is 0 Å². The SMILES string of the molecule is C=C(NCCOC)c1cc(-c2cc(C)c3c(n2)C(C)(C)N(c2cnn(CC(F)(F)F)c2)C3=O)cnc1OC. The first-order valence-corrected chi connectivity index (χ1v) is 11.8. The van der Waals surface area contributed by atoms with E-state index in [1.165, 1.54) is 24.4 Å². The number of carbonyl (C=O) groups excluding carboxylic acids is 1. The van der Waals surface area contributed by atoms with Crippen LogP contribution in [0.25, 0.3) is 17.0 Å². The van der Waals surface area contributed by atoms with Crippen LogP contribution in [-0.2, 0) is 16.8 Å². The van der Waals surface area contributed by atoms with Gasteiger partial charge in [0.25, 0.3) is 5.91 Å². The predicted molar refractivity (Wildman–Crippen MR) is 136 cm³/mol. The molecular weight excluding hydrogens is 501 g/mol. The zero-order valence-corrected chi connectivity index (χ0v) is 21.8. The van der Waals surface area contributed by atoms with Crippen LogP contribution in [0.3, 0.4) is 0 Å². The monoisotopic (exact) mass is 530 g/mol. The fourth-order valence-electron chi connectivity index (χ4n) is 4.55. The van der Waals surface area contributed by atoms with Gasteiger partial charge in [-0.15, -0.1) is 0 Å². The molecule has 0 saturated heterocycles. The van der Waals surface area contributed by atoms with E-state index in [1.54, 1.807) is 40.1 Å². The van der Waals surface area contributed by atoms with Gasteiger partial charge in [-0.05, 0) is 38.5 Å². The summed E-state index contributed by atoms with van der Waals surface area (Å²) < 4.78 is 49.8. The number of ether oxygens (including phenoxy) is 2. The first-order chi connectivity index (χ1) is 17.9. The Morgan fingerprint density at radius 1 is 1.21 bits per heavy atom. The molecule has 1 aliphatic rings. The number of hydrogen-bond acceptors (Lipinski definition) is 7. The van der Waals surface area contributed by atoms with Gasteiger partial charge in [-0.2, -0.15) is 18.3 Å². The number of rotatable bonds is 9. The van der Waals surface area contributed by atoms with Crippen LogP contribution in [-0.4, -0.2) is 59.2 Å². The second-order valence-corrected chi connectivity index (χ2v) is 9.44. The summed E-state index contributed by atoms with van der Waals surface area (Å²) in [6, 6.07) is 3.64. The van der Waals surface area contributed by atoms with Crippen LogP contribution in [0.15, 0.2) is 37.3 Å². The standard InChI is InChI=1S/C26H29F3N6O3/c1-15-9-20(17-10-19(23(38-6)31-11-17)16(2)30-7-8-37-5)33-22-21(15)24(36)35(25(22,3)4)18-12-32-34(13-18)14-26(27,28)29/h9-13,30H,2,7-8,14H2,1,3-6H3. The molecule has 4 rings (SSSR count). The molecule has 0 aliphatic carbocycles. The smallest absolute Gasteiger partial charge is 0.408 e. The first kappa shape index (κ1) is 27.1. The van der Waals surface area contributed by atoms with Crippen LogP contribution in [0.1, 0.15) is 41.0 Å². The van der Waals surface area contributed by atoms with Gasteiger partial charge in [0.05, 0.1) is 53.7 Å². The van der Waals surface area contributed by atoms with Crippen molar-refractivity contribution in [1.29, 1.82) is 0 Å². The van der Waals surface area contributed by atoms with Crippen molar-refractivity contribution < 1.29 is 27.4 Å². The van der Waals surface area contributed by atoms with E-state index in [0.717, 1.165) is 4.68 Å². The second kappa shape index (κ2) is 10.1. The lowest BCUT2D eigenvalue weighted by atomic mass is 9.96. The van der Waals surface area contributed by atoms with E-state index in [-0.39, 0.29) is 11.6 Å². The summed E-state index contributed by atoms with van der Waals surface area (Å²) in [4.78, 5) is 24.2. The van der Waals surface area contributed by atoms with E-state index in [0.29, 0.717) is 58.4 Å². The molecule has 1 N–H and O–H groups in total. The van der Waals surface area contributed by atoms with Gasteiger partial charge in [-0.1, -0.05) is 6.58 Å². The number of aromatic nitrogens is 4. The summed E-state index contributed by atoms with van der Waals surface area (Å²) in [5.41, 5.74) is 3.42. The molecule has 1 aliphatic heterocycles. The lowest BCUT2D eigenvalue weighted by Crippen LogP contribution is -2.39. The van der Waals surface area contributed by atoms with Crippen LogP contribution in [0.4, 0.5) is 18.9 Å². The first-order valence-electron chi connectivity index (χ1n) is 11.8. The molecule has 0 unspecified atom stereocenters. The van der Waals surface area contributed by atoms with E-state index < -0.39 is 18.3 Å². The van der Waals surface area contributed by atoms with E-state index in [1.807, 2.05) is 6.07 Å². The van der Waals surface area contributed by atoms with E-state index >= 15 is 0 Å². The highest BCUT2D eigenvalue weighted by atomic mass is 19.4. The molecule has 9 nitrogen and oxygen atoms in total. The lowest BCUT2D eigenvalue weighted by molar-refractivity contribution is -0.142. The number of halogens is 3. The summed E-state index contributed by atoms with van der Waals surface area (Å²) in [7, 11) is 3.13. The zero-order chi connectivity index (χ0) is 27.8. The van der Waals surface area contributed by atoms with Gasteiger partial charge < -0.3 is 14.8 Å².